The molecule has 3 aromatic rings. The Morgan fingerprint density at radius 1 is 0.962 bits per heavy atom. The molecule has 26 heavy (non-hydrogen) atoms. The van der Waals surface area contributed by atoms with Crippen molar-refractivity contribution in [2.75, 3.05) is 4.90 Å². The largest absolute Gasteiger partial charge is 0.364 e. The molecule has 0 aliphatic carbocycles. The van der Waals surface area contributed by atoms with Crippen LogP contribution in [0.15, 0.2) is 48.5 Å². The van der Waals surface area contributed by atoms with Gasteiger partial charge in [-0.25, -0.2) is 4.68 Å². The third-order valence-corrected chi connectivity index (χ3v) is 4.74. The normalized spacial score (nSPS) is 12.3. The molecule has 2 aromatic carbocycles. The molecule has 0 unspecified atom stereocenters. The maximum atomic E-state index is 4.53. The van der Waals surface area contributed by atoms with Crippen LogP contribution >= 0.6 is 0 Å². The highest BCUT2D eigenvalue weighted by atomic mass is 15.4. The smallest absolute Gasteiger partial charge is 0.121 e. The number of hydrogen-bond donors (Lipinski definition) is 0. The van der Waals surface area contributed by atoms with E-state index in [0.717, 1.165) is 24.5 Å². The number of aryl methyl sites for hydroxylation is 1. The molecule has 4 nitrogen and oxygen atoms in total. The summed E-state index contributed by atoms with van der Waals surface area (Å²) in [6.07, 6.45) is 0. The Balaban J connectivity index is 0.000000948. The first kappa shape index (κ1) is 18.2. The van der Waals surface area contributed by atoms with Crippen LogP contribution in [0.25, 0.3) is 22.5 Å². The van der Waals surface area contributed by atoms with E-state index in [2.05, 4.69) is 84.5 Å². The molecule has 4 heteroatoms. The van der Waals surface area contributed by atoms with Crippen molar-refractivity contribution in [2.24, 2.45) is 0 Å². The molecule has 0 spiro atoms. The molecule has 0 radical (unpaired) electrons. The molecule has 136 valence electrons. The number of anilines is 1. The van der Waals surface area contributed by atoms with Crippen LogP contribution in [-0.2, 0) is 13.1 Å². The van der Waals surface area contributed by atoms with Crippen molar-refractivity contribution >= 4 is 5.69 Å². The summed E-state index contributed by atoms with van der Waals surface area (Å²) in [5.41, 5.74) is 7.05. The van der Waals surface area contributed by atoms with Gasteiger partial charge < -0.3 is 4.90 Å². The number of fused-ring (bicyclic) bond motifs is 5. The SMILES string of the molecule is CC.CCn1nnc2c1-c1ccccc1N(C(C)C)Cc1ccccc1-2. The van der Waals surface area contributed by atoms with Gasteiger partial charge in [0.15, 0.2) is 0 Å². The summed E-state index contributed by atoms with van der Waals surface area (Å²) in [5.74, 6) is 0. The summed E-state index contributed by atoms with van der Waals surface area (Å²) in [5, 5.41) is 8.95. The van der Waals surface area contributed by atoms with Crippen molar-refractivity contribution in [3.63, 3.8) is 0 Å². The van der Waals surface area contributed by atoms with E-state index < -0.39 is 0 Å². The first-order valence-electron chi connectivity index (χ1n) is 9.58. The molecular formula is C22H28N4. The number of nitrogens with zero attached hydrogens (tertiary/aromatic N) is 4. The van der Waals surface area contributed by atoms with E-state index in [9.17, 15) is 0 Å². The zero-order valence-electron chi connectivity index (χ0n) is 16.4. The van der Waals surface area contributed by atoms with Crippen molar-refractivity contribution in [3.05, 3.63) is 54.1 Å². The Kier molecular flexibility index (Phi) is 5.40. The second-order valence-corrected chi connectivity index (χ2v) is 6.50. The molecule has 0 N–H and O–H groups in total. The van der Waals surface area contributed by atoms with Crippen LogP contribution in [0.5, 0.6) is 0 Å². The van der Waals surface area contributed by atoms with Crippen LogP contribution < -0.4 is 4.90 Å². The minimum Gasteiger partial charge on any atom is -0.364 e. The summed E-state index contributed by atoms with van der Waals surface area (Å²) in [4.78, 5) is 2.46. The first-order valence-corrected chi connectivity index (χ1v) is 9.58. The monoisotopic (exact) mass is 348 g/mol. The van der Waals surface area contributed by atoms with Gasteiger partial charge in [-0.2, -0.15) is 0 Å². The molecule has 1 aliphatic rings. The average molecular weight is 348 g/mol. The minimum absolute atomic E-state index is 0.409. The molecule has 0 saturated carbocycles. The van der Waals surface area contributed by atoms with E-state index >= 15 is 0 Å². The number of para-hydroxylation sites is 1. The molecular weight excluding hydrogens is 320 g/mol. The quantitative estimate of drug-likeness (QED) is 0.623. The molecule has 1 aromatic heterocycles. The lowest BCUT2D eigenvalue weighted by Gasteiger charge is -2.33. The van der Waals surface area contributed by atoms with Gasteiger partial charge >= 0.3 is 0 Å². The van der Waals surface area contributed by atoms with E-state index in [1.807, 2.05) is 18.5 Å². The zero-order chi connectivity index (χ0) is 18.7. The maximum Gasteiger partial charge on any atom is 0.121 e. The topological polar surface area (TPSA) is 34.0 Å². The number of hydrogen-bond acceptors (Lipinski definition) is 3. The van der Waals surface area contributed by atoms with Gasteiger partial charge in [0.25, 0.3) is 0 Å². The van der Waals surface area contributed by atoms with Crippen molar-refractivity contribution in [3.8, 4) is 22.5 Å². The van der Waals surface area contributed by atoms with Gasteiger partial charge in [-0.15, -0.1) is 5.10 Å². The lowest BCUT2D eigenvalue weighted by molar-refractivity contribution is 0.632. The molecule has 0 atom stereocenters. The molecule has 0 bridgehead atoms. The molecule has 0 saturated heterocycles. The van der Waals surface area contributed by atoms with Crippen LogP contribution in [0.3, 0.4) is 0 Å². The zero-order valence-corrected chi connectivity index (χ0v) is 16.4. The van der Waals surface area contributed by atoms with Gasteiger partial charge in [-0.3, -0.25) is 0 Å². The third kappa shape index (κ3) is 3.00. The highest BCUT2D eigenvalue weighted by molar-refractivity contribution is 5.88. The van der Waals surface area contributed by atoms with Gasteiger partial charge in [0, 0.05) is 35.9 Å². The number of rotatable bonds is 2. The van der Waals surface area contributed by atoms with Gasteiger partial charge in [0.1, 0.15) is 5.69 Å². The van der Waals surface area contributed by atoms with E-state index in [1.165, 1.54) is 22.4 Å². The third-order valence-electron chi connectivity index (χ3n) is 4.74. The van der Waals surface area contributed by atoms with E-state index in [-0.39, 0.29) is 0 Å². The first-order chi connectivity index (χ1) is 12.7. The summed E-state index contributed by atoms with van der Waals surface area (Å²) in [6, 6.07) is 17.6. The van der Waals surface area contributed by atoms with Crippen LogP contribution in [0.2, 0.25) is 0 Å². The fraction of sp³-hybridized carbons (Fsp3) is 0.364. The van der Waals surface area contributed by atoms with Crippen LogP contribution in [0.4, 0.5) is 5.69 Å². The Morgan fingerprint density at radius 2 is 1.62 bits per heavy atom. The fourth-order valence-corrected chi connectivity index (χ4v) is 3.53. The standard InChI is InChI=1S/C20H22N4.C2H6/c1-4-24-20-17-11-7-8-12-18(17)23(14(2)3)13-15-9-5-6-10-16(15)19(20)21-22-24;1-2/h5-12,14H,4,13H2,1-3H3;1-2H3. The predicted molar refractivity (Wildman–Crippen MR) is 109 cm³/mol. The maximum absolute atomic E-state index is 4.53. The summed E-state index contributed by atoms with van der Waals surface area (Å²) in [6.45, 7) is 12.3. The van der Waals surface area contributed by atoms with E-state index in [1.54, 1.807) is 0 Å². The van der Waals surface area contributed by atoms with Gasteiger partial charge in [0.2, 0.25) is 0 Å². The lowest BCUT2D eigenvalue weighted by atomic mass is 9.95. The summed E-state index contributed by atoms with van der Waals surface area (Å²) >= 11 is 0. The predicted octanol–water partition coefficient (Wildman–Crippen LogP) is 5.39. The molecule has 0 fully saturated rings. The van der Waals surface area contributed by atoms with Crippen LogP contribution in [-0.4, -0.2) is 21.0 Å². The average Bonchev–Trinajstić information content (AvgIpc) is 3.10. The highest BCUT2D eigenvalue weighted by Crippen LogP contribution is 2.41. The number of aromatic nitrogens is 3. The summed E-state index contributed by atoms with van der Waals surface area (Å²) in [7, 11) is 0. The minimum atomic E-state index is 0.409. The second-order valence-electron chi connectivity index (χ2n) is 6.50. The number of benzene rings is 2. The van der Waals surface area contributed by atoms with Crippen molar-refractivity contribution in [1.29, 1.82) is 0 Å². The van der Waals surface area contributed by atoms with Crippen molar-refractivity contribution in [1.82, 2.24) is 15.0 Å². The Bertz CT molecular complexity index is 879. The molecule has 4 rings (SSSR count). The summed E-state index contributed by atoms with van der Waals surface area (Å²) < 4.78 is 2.01. The van der Waals surface area contributed by atoms with E-state index in [4.69, 9.17) is 0 Å². The fourth-order valence-electron chi connectivity index (χ4n) is 3.53. The second kappa shape index (κ2) is 7.73. The van der Waals surface area contributed by atoms with Crippen molar-refractivity contribution in [2.45, 2.75) is 53.8 Å². The molecule has 0 amide bonds. The van der Waals surface area contributed by atoms with Gasteiger partial charge in [0.05, 0.1) is 5.69 Å². The lowest BCUT2D eigenvalue weighted by Crippen LogP contribution is -2.31. The van der Waals surface area contributed by atoms with Crippen LogP contribution in [0, 0.1) is 0 Å². The Hall–Kier alpha value is -2.62. The van der Waals surface area contributed by atoms with Crippen molar-refractivity contribution < 1.29 is 0 Å². The van der Waals surface area contributed by atoms with E-state index in [0.29, 0.717) is 6.04 Å². The van der Waals surface area contributed by atoms with Gasteiger partial charge in [-0.05, 0) is 32.4 Å². The Morgan fingerprint density at radius 3 is 2.31 bits per heavy atom. The Labute approximate surface area is 156 Å². The highest BCUT2D eigenvalue weighted by Gasteiger charge is 2.26. The molecule has 1 aliphatic heterocycles. The van der Waals surface area contributed by atoms with Gasteiger partial charge in [-0.1, -0.05) is 61.5 Å². The van der Waals surface area contributed by atoms with Crippen LogP contribution in [0.1, 0.15) is 40.2 Å². The molecule has 2 heterocycles.